The summed E-state index contributed by atoms with van der Waals surface area (Å²) in [5.74, 6) is -0.177. The summed E-state index contributed by atoms with van der Waals surface area (Å²) < 4.78 is 25.7. The largest absolute Gasteiger partial charge is 0.373 e. The minimum Gasteiger partial charge on any atom is -0.373 e. The van der Waals surface area contributed by atoms with E-state index in [1.165, 1.54) is 0 Å². The van der Waals surface area contributed by atoms with Crippen LogP contribution in [0.5, 0.6) is 0 Å². The molecule has 3 saturated carbocycles. The molecule has 3 aromatic rings. The topological polar surface area (TPSA) is 167 Å². The minimum atomic E-state index is -2.37. The second kappa shape index (κ2) is 22.6. The lowest BCUT2D eigenvalue weighted by molar-refractivity contribution is -0.144. The summed E-state index contributed by atoms with van der Waals surface area (Å²) in [6.07, 6.45) is 3.54. The van der Waals surface area contributed by atoms with Crippen LogP contribution < -0.4 is 10.6 Å². The number of imide groups is 3. The summed E-state index contributed by atoms with van der Waals surface area (Å²) in [7, 11) is -9.32. The molecule has 9 amide bonds. The number of ether oxygens (including phenoxy) is 3. The molecule has 450 valence electrons. The van der Waals surface area contributed by atoms with Crippen molar-refractivity contribution in [2.75, 3.05) is 0 Å². The van der Waals surface area contributed by atoms with Gasteiger partial charge in [-0.05, 0) is 36.8 Å². The molecule has 3 aliphatic carbocycles. The van der Waals surface area contributed by atoms with Crippen molar-refractivity contribution in [3.63, 3.8) is 0 Å². The highest BCUT2D eigenvalue weighted by molar-refractivity contribution is 6.86. The van der Waals surface area contributed by atoms with Gasteiger partial charge in [-0.1, -0.05) is 226 Å². The van der Waals surface area contributed by atoms with E-state index < -0.39 is 55.6 Å². The monoisotopic (exact) mass is 1190 g/mol. The zero-order chi connectivity index (χ0) is 61.2. The number of nitrogens with zero attached hydrogens (tertiary/aromatic N) is 4. The van der Waals surface area contributed by atoms with Gasteiger partial charge in [0.15, 0.2) is 32.9 Å². The van der Waals surface area contributed by atoms with Crippen LogP contribution in [-0.2, 0) is 48.4 Å². The quantitative estimate of drug-likeness (QED) is 0.125. The Labute approximate surface area is 494 Å². The smallest absolute Gasteiger partial charge is 0.322 e. The number of nitrogens with one attached hydrogen (secondary N) is 2. The SMILES string of the molecule is CC(C)(C)[Si](C)(C)N1C(=O)N([Si](C)(C)C(C)(C)C)C2(CC(OCc3ccccc3)C2)C1=O.CC(C)(C)[Si](C)(C)N1C(=O)N([Si](C)(C)C(C)(C)C)C2(CC(OCc3ccccc3)C2)C1=O.O=C1NC(=O)C2(CC(OCc3ccccc3)C2)N1. The fourth-order valence-electron chi connectivity index (χ4n) is 11.6. The van der Waals surface area contributed by atoms with Crippen LogP contribution in [0.2, 0.25) is 72.5 Å². The molecule has 3 heterocycles. The number of hydrogen-bond donors (Lipinski definition) is 2. The Morgan fingerprint density at radius 1 is 0.427 bits per heavy atom. The zero-order valence-electron chi connectivity index (χ0n) is 53.2. The van der Waals surface area contributed by atoms with Gasteiger partial charge in [-0.25, -0.2) is 14.4 Å². The molecule has 0 bridgehead atoms. The lowest BCUT2D eigenvalue weighted by Gasteiger charge is -2.55. The van der Waals surface area contributed by atoms with Crippen LogP contribution in [-0.4, -0.2) is 122 Å². The van der Waals surface area contributed by atoms with Gasteiger partial charge < -0.3 is 28.7 Å². The van der Waals surface area contributed by atoms with Crippen LogP contribution in [0, 0.1) is 0 Å². The van der Waals surface area contributed by atoms with E-state index in [0.717, 1.165) is 16.7 Å². The van der Waals surface area contributed by atoms with E-state index in [4.69, 9.17) is 14.2 Å². The number of amides is 9. The Balaban J connectivity index is 0.000000184. The Bertz CT molecular complexity index is 2690. The van der Waals surface area contributed by atoms with Gasteiger partial charge in [-0.15, -0.1) is 0 Å². The highest BCUT2D eigenvalue weighted by Crippen LogP contribution is 2.57. The number of benzene rings is 3. The van der Waals surface area contributed by atoms with Crippen LogP contribution in [0.15, 0.2) is 91.0 Å². The maximum absolute atomic E-state index is 14.1. The fraction of sp³-hybridized carbons (Fsp3) is 0.619. The molecule has 3 aliphatic heterocycles. The van der Waals surface area contributed by atoms with Crippen molar-refractivity contribution in [3.8, 4) is 0 Å². The van der Waals surface area contributed by atoms with Crippen LogP contribution >= 0.6 is 0 Å². The summed E-state index contributed by atoms with van der Waals surface area (Å²) in [6.45, 7) is 45.5. The molecule has 82 heavy (non-hydrogen) atoms. The molecular formula is C63H98N6O9Si4. The van der Waals surface area contributed by atoms with Gasteiger partial charge in [0.25, 0.3) is 5.91 Å². The molecule has 0 unspecified atom stereocenters. The highest BCUT2D eigenvalue weighted by Gasteiger charge is 2.73. The number of rotatable bonds is 13. The Kier molecular flexibility index (Phi) is 17.8. The van der Waals surface area contributed by atoms with E-state index in [9.17, 15) is 28.8 Å². The molecule has 0 aromatic heterocycles. The van der Waals surface area contributed by atoms with Crippen molar-refractivity contribution >= 4 is 68.8 Å². The van der Waals surface area contributed by atoms with Crippen LogP contribution in [0.3, 0.4) is 0 Å². The van der Waals surface area contributed by atoms with Gasteiger partial charge in [0, 0.05) is 38.5 Å². The number of carbonyl (C=O) groups excluding carboxylic acids is 6. The van der Waals surface area contributed by atoms with Gasteiger partial charge >= 0.3 is 18.1 Å². The lowest BCUT2D eigenvalue weighted by Crippen LogP contribution is -2.70. The molecule has 2 N–H and O–H groups in total. The minimum absolute atomic E-state index is 0.00131. The number of urea groups is 3. The first-order valence-electron chi connectivity index (χ1n) is 29.6. The van der Waals surface area contributed by atoms with Crippen molar-refractivity contribution in [3.05, 3.63) is 108 Å². The molecule has 3 spiro atoms. The van der Waals surface area contributed by atoms with Crippen LogP contribution in [0.4, 0.5) is 14.4 Å². The summed E-state index contributed by atoms with van der Waals surface area (Å²) >= 11 is 0. The Morgan fingerprint density at radius 2 is 0.695 bits per heavy atom. The normalized spacial score (nSPS) is 26.1. The Morgan fingerprint density at radius 3 is 0.939 bits per heavy atom. The maximum atomic E-state index is 14.1. The molecule has 3 aromatic carbocycles. The Hall–Kier alpha value is -4.77. The second-order valence-corrected chi connectivity index (χ2v) is 50.5. The van der Waals surface area contributed by atoms with E-state index in [1.54, 1.807) is 9.13 Å². The van der Waals surface area contributed by atoms with Gasteiger partial charge in [-0.3, -0.25) is 28.8 Å². The van der Waals surface area contributed by atoms with Crippen LogP contribution in [0.25, 0.3) is 0 Å². The van der Waals surface area contributed by atoms with Crippen molar-refractivity contribution in [2.24, 2.45) is 0 Å². The first-order valence-corrected chi connectivity index (χ1v) is 41.4. The van der Waals surface area contributed by atoms with E-state index in [-0.39, 0.29) is 68.2 Å². The number of hydrogen-bond acceptors (Lipinski definition) is 9. The van der Waals surface area contributed by atoms with E-state index in [2.05, 4.69) is 179 Å². The maximum Gasteiger partial charge on any atom is 0.322 e. The van der Waals surface area contributed by atoms with E-state index in [0.29, 0.717) is 58.3 Å². The first-order chi connectivity index (χ1) is 37.6. The molecule has 3 saturated heterocycles. The van der Waals surface area contributed by atoms with Crippen molar-refractivity contribution < 1.29 is 43.0 Å². The summed E-state index contributed by atoms with van der Waals surface area (Å²) in [6, 6.07) is 29.6. The predicted octanol–water partition coefficient (Wildman–Crippen LogP) is 13.7. The lowest BCUT2D eigenvalue weighted by atomic mass is 9.74. The highest BCUT2D eigenvalue weighted by atomic mass is 28.3. The van der Waals surface area contributed by atoms with Gasteiger partial charge in [-0.2, -0.15) is 0 Å². The van der Waals surface area contributed by atoms with E-state index >= 15 is 0 Å². The molecule has 6 aliphatic rings. The first kappa shape index (κ1) is 64.8. The van der Waals surface area contributed by atoms with Gasteiger partial charge in [0.1, 0.15) is 16.6 Å². The average Bonchev–Trinajstić information content (AvgIpc) is 1.66. The molecule has 9 rings (SSSR count). The van der Waals surface area contributed by atoms with Crippen molar-refractivity contribution in [1.29, 1.82) is 0 Å². The van der Waals surface area contributed by atoms with E-state index in [1.807, 2.05) is 66.7 Å². The van der Waals surface area contributed by atoms with Crippen molar-refractivity contribution in [1.82, 2.24) is 28.9 Å². The fourth-order valence-corrected chi connectivity index (χ4v) is 20.9. The molecule has 0 atom stereocenters. The third-order valence-corrected chi connectivity index (χ3v) is 42.0. The molecule has 6 fully saturated rings. The third-order valence-electron chi connectivity index (χ3n) is 20.8. The molecular weight excluding hydrogens is 1100 g/mol. The molecule has 0 radical (unpaired) electrons. The summed E-state index contributed by atoms with van der Waals surface area (Å²) in [5.41, 5.74) is 1.18. The second-order valence-electron chi connectivity index (χ2n) is 30.3. The predicted molar refractivity (Wildman–Crippen MR) is 335 cm³/mol. The standard InChI is InChI=1S/2C25H42N2O3Si2.C13H14N2O3/c2*1-23(2,3)31(7,8)26-21(28)25(27(22(26)29)32(9,10)24(4,5)6)16-20(17-25)30-18-19-14-12-11-13-15-19;16-11-13(15-12(17)14-11)6-10(7-13)18-8-9-4-2-1-3-5-9/h2*11-15,20H,16-18H2,1-10H3;1-5,10H,6-8H2,(H2,14,15,16,17). The zero-order valence-corrected chi connectivity index (χ0v) is 57.2. The van der Waals surface area contributed by atoms with Crippen LogP contribution in [0.1, 0.15) is 138 Å². The van der Waals surface area contributed by atoms with Crippen molar-refractivity contribution in [2.45, 2.75) is 249 Å². The molecule has 15 nitrogen and oxygen atoms in total. The van der Waals surface area contributed by atoms with Gasteiger partial charge in [0.2, 0.25) is 11.8 Å². The molecule has 19 heteroatoms. The summed E-state index contributed by atoms with van der Waals surface area (Å²) in [4.78, 5) is 78.9. The summed E-state index contributed by atoms with van der Waals surface area (Å²) in [5, 5.41) is 4.63. The van der Waals surface area contributed by atoms with Gasteiger partial charge in [0.05, 0.1) is 38.1 Å². The number of carbonyl (C=O) groups is 6. The average molecular weight is 1200 g/mol. The third kappa shape index (κ3) is 11.8.